The van der Waals surface area contributed by atoms with Crippen molar-refractivity contribution in [1.82, 2.24) is 4.98 Å². The lowest BCUT2D eigenvalue weighted by atomic mass is 10.1. The number of carbonyl (C=O) groups is 1. The van der Waals surface area contributed by atoms with Crippen LogP contribution in [0.15, 0.2) is 40.9 Å². The van der Waals surface area contributed by atoms with E-state index < -0.39 is 0 Å². The quantitative estimate of drug-likeness (QED) is 0.507. The van der Waals surface area contributed by atoms with Gasteiger partial charge in [0, 0.05) is 26.9 Å². The summed E-state index contributed by atoms with van der Waals surface area (Å²) in [6.45, 7) is 0. The summed E-state index contributed by atoms with van der Waals surface area (Å²) in [7, 11) is 3.25. The van der Waals surface area contributed by atoms with Gasteiger partial charge in [-0.15, -0.1) is 11.3 Å². The second-order valence-corrected chi connectivity index (χ2v) is 7.69. The van der Waals surface area contributed by atoms with Gasteiger partial charge in [-0.05, 0) is 42.0 Å². The maximum atomic E-state index is 12.4. The molecular formula is C19H15BrN2O3S. The van der Waals surface area contributed by atoms with E-state index in [1.54, 1.807) is 38.5 Å². The Hall–Kier alpha value is -2.38. The fraction of sp³-hybridized carbons (Fsp3) is 0.158. The smallest absolute Gasteiger partial charge is 0.257 e. The molecule has 0 fully saturated rings. The Kier molecular flexibility index (Phi) is 4.42. The monoisotopic (exact) mass is 430 g/mol. The number of carbonyl (C=O) groups excluding carboxylic acids is 1. The molecule has 5 nitrogen and oxygen atoms in total. The Morgan fingerprint density at radius 3 is 2.62 bits per heavy atom. The molecule has 0 aliphatic heterocycles. The number of aromatic nitrogens is 1. The SMILES string of the molecule is COc1ccc(C(=O)Nc2nc3c(s2)Cc2c(Br)ccc(OC)c2-3)cc1. The van der Waals surface area contributed by atoms with Crippen LogP contribution in [0.4, 0.5) is 5.13 Å². The molecule has 3 aromatic rings. The largest absolute Gasteiger partial charge is 0.497 e. The number of amides is 1. The van der Waals surface area contributed by atoms with Crippen molar-refractivity contribution in [3.8, 4) is 22.8 Å². The Labute approximate surface area is 163 Å². The number of anilines is 1. The van der Waals surface area contributed by atoms with Gasteiger partial charge in [0.05, 0.1) is 19.9 Å². The summed E-state index contributed by atoms with van der Waals surface area (Å²) in [5, 5.41) is 3.47. The van der Waals surface area contributed by atoms with Gasteiger partial charge in [-0.3, -0.25) is 10.1 Å². The van der Waals surface area contributed by atoms with E-state index in [9.17, 15) is 4.79 Å². The molecule has 26 heavy (non-hydrogen) atoms. The molecule has 0 saturated heterocycles. The third-order valence-corrected chi connectivity index (χ3v) is 6.00. The van der Waals surface area contributed by atoms with Crippen LogP contribution in [0.25, 0.3) is 11.3 Å². The highest BCUT2D eigenvalue weighted by Crippen LogP contribution is 2.48. The highest BCUT2D eigenvalue weighted by molar-refractivity contribution is 9.10. The number of benzene rings is 2. The lowest BCUT2D eigenvalue weighted by Gasteiger charge is -2.09. The molecule has 0 radical (unpaired) electrons. The van der Waals surface area contributed by atoms with E-state index in [4.69, 9.17) is 9.47 Å². The first-order valence-corrected chi connectivity index (χ1v) is 9.52. The van der Waals surface area contributed by atoms with Gasteiger partial charge in [0.1, 0.15) is 11.5 Å². The fourth-order valence-corrected chi connectivity index (χ4v) is 4.44. The average molecular weight is 431 g/mol. The molecule has 0 atom stereocenters. The van der Waals surface area contributed by atoms with Crippen LogP contribution in [-0.4, -0.2) is 25.1 Å². The first-order chi connectivity index (χ1) is 12.6. The number of fused-ring (bicyclic) bond motifs is 3. The Morgan fingerprint density at radius 2 is 1.92 bits per heavy atom. The van der Waals surface area contributed by atoms with Crippen molar-refractivity contribution in [1.29, 1.82) is 0 Å². The van der Waals surface area contributed by atoms with Crippen LogP contribution in [-0.2, 0) is 6.42 Å². The van der Waals surface area contributed by atoms with Crippen molar-refractivity contribution in [3.63, 3.8) is 0 Å². The molecular weight excluding hydrogens is 416 g/mol. The van der Waals surface area contributed by atoms with Gasteiger partial charge in [0.15, 0.2) is 5.13 Å². The molecule has 1 N–H and O–H groups in total. The Morgan fingerprint density at radius 1 is 1.15 bits per heavy atom. The predicted molar refractivity (Wildman–Crippen MR) is 106 cm³/mol. The lowest BCUT2D eigenvalue weighted by molar-refractivity contribution is 0.102. The first-order valence-electron chi connectivity index (χ1n) is 7.91. The second-order valence-electron chi connectivity index (χ2n) is 5.75. The first kappa shape index (κ1) is 17.1. The number of hydrogen-bond donors (Lipinski definition) is 1. The number of ether oxygens (including phenoxy) is 2. The molecule has 1 aliphatic carbocycles. The third kappa shape index (κ3) is 2.87. The third-order valence-electron chi connectivity index (χ3n) is 4.28. The van der Waals surface area contributed by atoms with Crippen LogP contribution < -0.4 is 14.8 Å². The number of methoxy groups -OCH3 is 2. The van der Waals surface area contributed by atoms with Crippen molar-refractivity contribution in [2.45, 2.75) is 6.42 Å². The van der Waals surface area contributed by atoms with Gasteiger partial charge in [-0.2, -0.15) is 0 Å². The van der Waals surface area contributed by atoms with E-state index in [1.165, 1.54) is 16.9 Å². The van der Waals surface area contributed by atoms with Gasteiger partial charge in [-0.1, -0.05) is 15.9 Å². The number of hydrogen-bond acceptors (Lipinski definition) is 5. The van der Waals surface area contributed by atoms with Crippen molar-refractivity contribution in [2.75, 3.05) is 19.5 Å². The number of nitrogens with one attached hydrogen (secondary N) is 1. The molecule has 1 amide bonds. The molecule has 1 aliphatic rings. The van der Waals surface area contributed by atoms with Crippen LogP contribution >= 0.6 is 27.3 Å². The van der Waals surface area contributed by atoms with Crippen molar-refractivity contribution >= 4 is 38.3 Å². The second kappa shape index (κ2) is 6.74. The summed E-state index contributed by atoms with van der Waals surface area (Å²) in [6, 6.07) is 10.9. The van der Waals surface area contributed by atoms with Crippen molar-refractivity contribution < 1.29 is 14.3 Å². The summed E-state index contributed by atoms with van der Waals surface area (Å²) in [6.07, 6.45) is 0.776. The Balaban J connectivity index is 1.61. The van der Waals surface area contributed by atoms with E-state index >= 15 is 0 Å². The molecule has 0 bridgehead atoms. The molecule has 4 rings (SSSR count). The van der Waals surface area contributed by atoms with Crippen LogP contribution in [0.2, 0.25) is 0 Å². The number of thiazole rings is 1. The van der Waals surface area contributed by atoms with Crippen LogP contribution in [0.1, 0.15) is 20.8 Å². The number of halogens is 1. The summed E-state index contributed by atoms with van der Waals surface area (Å²) in [5.74, 6) is 1.31. The van der Waals surface area contributed by atoms with Gasteiger partial charge in [-0.25, -0.2) is 4.98 Å². The summed E-state index contributed by atoms with van der Waals surface area (Å²) in [4.78, 5) is 18.2. The zero-order chi connectivity index (χ0) is 18.3. The van der Waals surface area contributed by atoms with Crippen molar-refractivity contribution in [2.24, 2.45) is 0 Å². The van der Waals surface area contributed by atoms with E-state index in [-0.39, 0.29) is 5.91 Å². The molecule has 1 heterocycles. The van der Waals surface area contributed by atoms with Crippen LogP contribution in [0, 0.1) is 0 Å². The molecule has 0 unspecified atom stereocenters. The molecule has 0 spiro atoms. The molecule has 2 aromatic carbocycles. The van der Waals surface area contributed by atoms with E-state index in [2.05, 4.69) is 26.2 Å². The number of rotatable bonds is 4. The highest BCUT2D eigenvalue weighted by Gasteiger charge is 2.29. The fourth-order valence-electron chi connectivity index (χ4n) is 3.00. The van der Waals surface area contributed by atoms with Gasteiger partial charge in [0.2, 0.25) is 0 Å². The van der Waals surface area contributed by atoms with Gasteiger partial charge in [0.25, 0.3) is 5.91 Å². The normalized spacial score (nSPS) is 11.7. The predicted octanol–water partition coefficient (Wildman–Crippen LogP) is 4.75. The van der Waals surface area contributed by atoms with E-state index in [0.717, 1.165) is 32.8 Å². The maximum absolute atomic E-state index is 12.4. The summed E-state index contributed by atoms with van der Waals surface area (Å²) < 4.78 is 11.7. The highest BCUT2D eigenvalue weighted by atomic mass is 79.9. The number of nitrogens with zero attached hydrogens (tertiary/aromatic N) is 1. The van der Waals surface area contributed by atoms with E-state index in [1.807, 2.05) is 12.1 Å². The zero-order valence-electron chi connectivity index (χ0n) is 14.1. The lowest BCUT2D eigenvalue weighted by Crippen LogP contribution is -2.11. The minimum atomic E-state index is -0.193. The molecule has 1 aromatic heterocycles. The van der Waals surface area contributed by atoms with Crippen LogP contribution in [0.3, 0.4) is 0 Å². The van der Waals surface area contributed by atoms with E-state index in [0.29, 0.717) is 16.4 Å². The standard InChI is InChI=1S/C19H15BrN2O3S/c1-24-11-5-3-10(4-6-11)18(23)22-19-21-17-15(26-19)9-12-13(20)7-8-14(25-2)16(12)17/h3-8H,9H2,1-2H3,(H,21,22,23). The Bertz CT molecular complexity index is 999. The van der Waals surface area contributed by atoms with Crippen LogP contribution in [0.5, 0.6) is 11.5 Å². The van der Waals surface area contributed by atoms with Gasteiger partial charge >= 0.3 is 0 Å². The molecule has 0 saturated carbocycles. The average Bonchev–Trinajstić information content (AvgIpc) is 3.20. The maximum Gasteiger partial charge on any atom is 0.257 e. The molecule has 7 heteroatoms. The van der Waals surface area contributed by atoms with Gasteiger partial charge < -0.3 is 9.47 Å². The van der Waals surface area contributed by atoms with Crippen molar-refractivity contribution in [3.05, 3.63) is 56.9 Å². The summed E-state index contributed by atoms with van der Waals surface area (Å²) >= 11 is 5.09. The zero-order valence-corrected chi connectivity index (χ0v) is 16.5. The minimum Gasteiger partial charge on any atom is -0.497 e. The summed E-state index contributed by atoms with van der Waals surface area (Å²) in [5.41, 5.74) is 3.61. The molecule has 132 valence electrons. The topological polar surface area (TPSA) is 60.5 Å². The minimum absolute atomic E-state index is 0.193.